The highest BCUT2D eigenvalue weighted by Gasteiger charge is 2.21. The first-order chi connectivity index (χ1) is 20.0. The summed E-state index contributed by atoms with van der Waals surface area (Å²) in [6.45, 7) is 0.433. The summed E-state index contributed by atoms with van der Waals surface area (Å²) in [7, 11) is 1.58. The molecule has 2 aromatic carbocycles. The molecule has 0 bridgehead atoms. The normalized spacial score (nSPS) is 11.1. The second kappa shape index (κ2) is 13.2. The number of nitrogens with zero attached hydrogens (tertiary/aromatic N) is 4. The predicted octanol–water partition coefficient (Wildman–Crippen LogP) is 5.49. The lowest BCUT2D eigenvalue weighted by atomic mass is 9.98. The Hall–Kier alpha value is -3.79. The maximum atomic E-state index is 13.3. The number of nitrogens with one attached hydrogen (secondary N) is 1. The van der Waals surface area contributed by atoms with E-state index in [1.165, 1.54) is 23.1 Å². The summed E-state index contributed by atoms with van der Waals surface area (Å²) in [6, 6.07) is 16.8. The van der Waals surface area contributed by atoms with E-state index >= 15 is 0 Å². The van der Waals surface area contributed by atoms with Gasteiger partial charge in [-0.2, -0.15) is 5.26 Å². The maximum absolute atomic E-state index is 13.3. The molecule has 0 atom stereocenters. The molecule has 0 saturated heterocycles. The molecule has 0 amide bonds. The van der Waals surface area contributed by atoms with E-state index in [1.54, 1.807) is 31.4 Å². The number of benzene rings is 2. The number of thioether (sulfide) groups is 1. The summed E-state index contributed by atoms with van der Waals surface area (Å²) in [5.41, 5.74) is 3.03. The number of pyridine rings is 1. The van der Waals surface area contributed by atoms with E-state index in [9.17, 15) is 10.1 Å². The van der Waals surface area contributed by atoms with Gasteiger partial charge in [0.05, 0.1) is 29.9 Å². The molecule has 5 aromatic rings. The summed E-state index contributed by atoms with van der Waals surface area (Å²) in [6.07, 6.45) is 0.407. The van der Waals surface area contributed by atoms with Gasteiger partial charge in [0.2, 0.25) is 0 Å². The molecular formula is C29H24ClN5O4S2. The number of methoxy groups -OCH3 is 1. The van der Waals surface area contributed by atoms with Crippen LogP contribution in [0.3, 0.4) is 0 Å². The van der Waals surface area contributed by atoms with Crippen molar-refractivity contribution < 1.29 is 14.6 Å². The van der Waals surface area contributed by atoms with Crippen molar-refractivity contribution in [2.24, 2.45) is 0 Å². The van der Waals surface area contributed by atoms with E-state index in [0.29, 0.717) is 51.5 Å². The SMILES string of the molecule is COCCc1nc2nc(SCc3csc(-c4ccc(Cl)cc4)n3)c(C#N)c(-c3ccc(OCCO)cc3)c2c(=O)[nH]1. The zero-order chi connectivity index (χ0) is 28.8. The molecule has 5 rings (SSSR count). The molecule has 2 N–H and O–H groups in total. The van der Waals surface area contributed by atoms with Crippen LogP contribution < -0.4 is 10.3 Å². The van der Waals surface area contributed by atoms with E-state index < -0.39 is 0 Å². The van der Waals surface area contributed by atoms with Crippen LogP contribution in [-0.4, -0.2) is 52.0 Å². The molecule has 0 unspecified atom stereocenters. The third-order valence-corrected chi connectivity index (χ3v) is 8.23. The fourth-order valence-electron chi connectivity index (χ4n) is 4.13. The number of hydrogen-bond acceptors (Lipinski definition) is 10. The van der Waals surface area contributed by atoms with Crippen molar-refractivity contribution in [3.8, 4) is 33.5 Å². The van der Waals surface area contributed by atoms with Gasteiger partial charge in [0, 0.05) is 40.8 Å². The Morgan fingerprint density at radius 3 is 2.54 bits per heavy atom. The fourth-order valence-corrected chi connectivity index (χ4v) is 6.07. The molecule has 0 spiro atoms. The van der Waals surface area contributed by atoms with E-state index in [2.05, 4.69) is 21.0 Å². The quantitative estimate of drug-likeness (QED) is 0.187. The van der Waals surface area contributed by atoms with Crippen molar-refractivity contribution in [1.82, 2.24) is 19.9 Å². The number of rotatable bonds is 11. The van der Waals surface area contributed by atoms with Gasteiger partial charge in [-0.05, 0) is 29.8 Å². The second-order valence-corrected chi connectivity index (χ2v) is 11.0. The van der Waals surface area contributed by atoms with Crippen LogP contribution in [0, 0.1) is 11.3 Å². The number of ether oxygens (including phenoxy) is 2. The van der Waals surface area contributed by atoms with E-state index in [0.717, 1.165) is 16.3 Å². The molecule has 0 fully saturated rings. The van der Waals surface area contributed by atoms with Crippen LogP contribution in [0.25, 0.3) is 32.7 Å². The molecule has 0 aliphatic rings. The summed E-state index contributed by atoms with van der Waals surface area (Å²) in [5.74, 6) is 1.47. The van der Waals surface area contributed by atoms with Crippen LogP contribution in [0.2, 0.25) is 5.02 Å². The van der Waals surface area contributed by atoms with Gasteiger partial charge in [0.1, 0.15) is 34.3 Å². The number of fused-ring (bicyclic) bond motifs is 1. The van der Waals surface area contributed by atoms with Gasteiger partial charge in [0.25, 0.3) is 5.56 Å². The minimum Gasteiger partial charge on any atom is -0.491 e. The van der Waals surface area contributed by atoms with Crippen molar-refractivity contribution in [2.75, 3.05) is 26.9 Å². The van der Waals surface area contributed by atoms with Crippen molar-refractivity contribution in [3.05, 3.63) is 86.4 Å². The lowest BCUT2D eigenvalue weighted by Crippen LogP contribution is -2.16. The zero-order valence-corrected chi connectivity index (χ0v) is 24.3. The highest BCUT2D eigenvalue weighted by molar-refractivity contribution is 7.98. The Morgan fingerprint density at radius 2 is 1.83 bits per heavy atom. The van der Waals surface area contributed by atoms with Crippen molar-refractivity contribution in [2.45, 2.75) is 17.2 Å². The number of halogens is 1. The van der Waals surface area contributed by atoms with E-state index in [1.807, 2.05) is 29.6 Å². The zero-order valence-electron chi connectivity index (χ0n) is 21.9. The summed E-state index contributed by atoms with van der Waals surface area (Å²) >= 11 is 8.91. The van der Waals surface area contributed by atoms with Crippen molar-refractivity contribution in [1.29, 1.82) is 5.26 Å². The molecule has 9 nitrogen and oxygen atoms in total. The van der Waals surface area contributed by atoms with Gasteiger partial charge < -0.3 is 19.6 Å². The Bertz CT molecular complexity index is 1770. The molecule has 208 valence electrons. The number of hydrogen-bond donors (Lipinski definition) is 2. The maximum Gasteiger partial charge on any atom is 0.261 e. The van der Waals surface area contributed by atoms with Gasteiger partial charge in [-0.1, -0.05) is 47.6 Å². The number of aromatic amines is 1. The van der Waals surface area contributed by atoms with Crippen LogP contribution in [0.4, 0.5) is 0 Å². The lowest BCUT2D eigenvalue weighted by molar-refractivity contribution is 0.200. The first-order valence-corrected chi connectivity index (χ1v) is 14.8. The number of aromatic nitrogens is 4. The van der Waals surface area contributed by atoms with Crippen LogP contribution in [-0.2, 0) is 16.9 Å². The minimum atomic E-state index is -0.385. The predicted molar refractivity (Wildman–Crippen MR) is 161 cm³/mol. The highest BCUT2D eigenvalue weighted by Crippen LogP contribution is 2.37. The largest absolute Gasteiger partial charge is 0.491 e. The highest BCUT2D eigenvalue weighted by atomic mass is 35.5. The van der Waals surface area contributed by atoms with Crippen LogP contribution in [0.15, 0.2) is 63.7 Å². The molecule has 0 aliphatic heterocycles. The topological polar surface area (TPSA) is 134 Å². The number of aliphatic hydroxyl groups is 1. The first kappa shape index (κ1) is 28.7. The summed E-state index contributed by atoms with van der Waals surface area (Å²) < 4.78 is 10.6. The molecule has 3 aromatic heterocycles. The van der Waals surface area contributed by atoms with Crippen molar-refractivity contribution in [3.63, 3.8) is 0 Å². The average Bonchev–Trinajstić information content (AvgIpc) is 3.47. The number of nitriles is 1. The minimum absolute atomic E-state index is 0.109. The standard InChI is InChI=1S/C29H24ClN5O4S2/c1-38-12-10-23-33-26-25(27(37)34-23)24(17-4-8-21(9-5-17)39-13-11-36)22(14-31)29(35-26)41-16-20-15-40-28(32-20)18-2-6-19(30)7-3-18/h2-9,15,36H,10-13,16H2,1H3,(H,33,34,35,37). The van der Waals surface area contributed by atoms with E-state index in [-0.39, 0.29) is 35.4 Å². The molecule has 0 aliphatic carbocycles. The van der Waals surface area contributed by atoms with Crippen LogP contribution >= 0.6 is 34.7 Å². The van der Waals surface area contributed by atoms with Gasteiger partial charge >= 0.3 is 0 Å². The smallest absolute Gasteiger partial charge is 0.261 e. The molecular weight excluding hydrogens is 582 g/mol. The first-order valence-electron chi connectivity index (χ1n) is 12.5. The molecule has 3 heterocycles. The van der Waals surface area contributed by atoms with Gasteiger partial charge in [-0.3, -0.25) is 4.79 Å². The fraction of sp³-hybridized carbons (Fsp3) is 0.207. The average molecular weight is 606 g/mol. The van der Waals surface area contributed by atoms with Gasteiger partial charge in [0.15, 0.2) is 5.65 Å². The van der Waals surface area contributed by atoms with E-state index in [4.69, 9.17) is 31.2 Å². The Kier molecular flexibility index (Phi) is 9.28. The Balaban J connectivity index is 1.55. The van der Waals surface area contributed by atoms with Gasteiger partial charge in [-0.25, -0.2) is 15.0 Å². The number of aliphatic hydroxyl groups excluding tert-OH is 1. The summed E-state index contributed by atoms with van der Waals surface area (Å²) in [4.78, 5) is 30.2. The number of thiazole rings is 1. The monoisotopic (exact) mass is 605 g/mol. The third kappa shape index (κ3) is 6.59. The van der Waals surface area contributed by atoms with Gasteiger partial charge in [-0.15, -0.1) is 11.3 Å². The lowest BCUT2D eigenvalue weighted by Gasteiger charge is -2.13. The molecule has 0 saturated carbocycles. The van der Waals surface area contributed by atoms with Crippen molar-refractivity contribution >= 4 is 45.7 Å². The second-order valence-electron chi connectivity index (χ2n) is 8.77. The molecule has 12 heteroatoms. The van der Waals surface area contributed by atoms with Crippen LogP contribution in [0.5, 0.6) is 5.75 Å². The third-order valence-electron chi connectivity index (χ3n) is 6.03. The van der Waals surface area contributed by atoms with Crippen LogP contribution in [0.1, 0.15) is 17.1 Å². The molecule has 0 radical (unpaired) electrons. The number of H-pyrrole nitrogens is 1. The molecule has 41 heavy (non-hydrogen) atoms. The Labute approximate surface area is 248 Å². The Morgan fingerprint density at radius 1 is 1.07 bits per heavy atom. The summed E-state index contributed by atoms with van der Waals surface area (Å²) in [5, 5.41) is 23.5.